The van der Waals surface area contributed by atoms with Crippen LogP contribution in [0.4, 0.5) is 5.82 Å². The molecule has 2 aliphatic carbocycles. The minimum absolute atomic E-state index is 0.107. The van der Waals surface area contributed by atoms with Crippen LogP contribution in [0.1, 0.15) is 55.1 Å². The molecule has 0 unspecified atom stereocenters. The van der Waals surface area contributed by atoms with Gasteiger partial charge in [-0.3, -0.25) is 0 Å². The average Bonchev–Trinajstić information content (AvgIpc) is 3.23. The maximum atomic E-state index is 11.3. The molecule has 1 saturated carbocycles. The Kier molecular flexibility index (Phi) is 3.80. The molecule has 1 aromatic rings. The molecule has 126 valence electrons. The van der Waals surface area contributed by atoms with E-state index in [9.17, 15) is 8.42 Å². The van der Waals surface area contributed by atoms with Gasteiger partial charge >= 0.3 is 0 Å². The van der Waals surface area contributed by atoms with E-state index in [1.165, 1.54) is 30.5 Å². The molecule has 2 fully saturated rings. The molecule has 23 heavy (non-hydrogen) atoms. The van der Waals surface area contributed by atoms with Crippen molar-refractivity contribution in [1.29, 1.82) is 0 Å². The predicted octanol–water partition coefficient (Wildman–Crippen LogP) is 1.35. The number of aryl methyl sites for hydroxylation is 1. The van der Waals surface area contributed by atoms with Gasteiger partial charge in [0.25, 0.3) is 0 Å². The number of rotatable bonds is 4. The first-order valence-electron chi connectivity index (χ1n) is 8.65. The molecule has 1 saturated heterocycles. The van der Waals surface area contributed by atoms with Crippen molar-refractivity contribution in [1.82, 2.24) is 9.97 Å². The van der Waals surface area contributed by atoms with Gasteiger partial charge in [-0.25, -0.2) is 23.5 Å². The Morgan fingerprint density at radius 1 is 1.09 bits per heavy atom. The summed E-state index contributed by atoms with van der Waals surface area (Å²) in [5.41, 5.74) is 2.59. The van der Waals surface area contributed by atoms with Crippen LogP contribution in [0.15, 0.2) is 0 Å². The minimum Gasteiger partial charge on any atom is -0.356 e. The van der Waals surface area contributed by atoms with Gasteiger partial charge in [0.05, 0.1) is 5.75 Å². The molecule has 2 N–H and O–H groups in total. The highest BCUT2D eigenvalue weighted by molar-refractivity contribution is 7.89. The lowest BCUT2D eigenvalue weighted by Gasteiger charge is -2.33. The molecule has 6 nitrogen and oxygen atoms in total. The molecule has 2 heterocycles. The smallest absolute Gasteiger partial charge is 0.209 e. The van der Waals surface area contributed by atoms with Gasteiger partial charge in [-0.2, -0.15) is 0 Å². The van der Waals surface area contributed by atoms with Crippen LogP contribution in [-0.2, 0) is 22.9 Å². The lowest BCUT2D eigenvalue weighted by Crippen LogP contribution is -2.38. The van der Waals surface area contributed by atoms with E-state index in [0.29, 0.717) is 5.92 Å². The summed E-state index contributed by atoms with van der Waals surface area (Å²) in [6.07, 6.45) is 7.50. The average molecular weight is 336 g/mol. The molecule has 4 rings (SSSR count). The van der Waals surface area contributed by atoms with E-state index < -0.39 is 10.0 Å². The van der Waals surface area contributed by atoms with Crippen molar-refractivity contribution in [2.24, 2.45) is 11.1 Å². The first kappa shape index (κ1) is 15.3. The second-order valence-corrected chi connectivity index (χ2v) is 8.88. The Balaban J connectivity index is 1.53. The van der Waals surface area contributed by atoms with Crippen LogP contribution in [0, 0.1) is 5.92 Å². The third-order valence-corrected chi connectivity index (χ3v) is 6.19. The normalized spacial score (nSPS) is 22.4. The molecule has 0 radical (unpaired) electrons. The SMILES string of the molecule is NS(=O)(=O)CC1CCN(c2nc(C3CC3)nc3c2CCC3)CC1. The lowest BCUT2D eigenvalue weighted by atomic mass is 9.98. The molecule has 7 heteroatoms. The number of aromatic nitrogens is 2. The lowest BCUT2D eigenvalue weighted by molar-refractivity contribution is 0.433. The van der Waals surface area contributed by atoms with Crippen molar-refractivity contribution in [3.8, 4) is 0 Å². The molecule has 0 bridgehead atoms. The molecule has 0 spiro atoms. The fourth-order valence-electron chi connectivity index (χ4n) is 3.86. The Morgan fingerprint density at radius 3 is 2.48 bits per heavy atom. The summed E-state index contributed by atoms with van der Waals surface area (Å²) in [6, 6.07) is 0. The van der Waals surface area contributed by atoms with Crippen molar-refractivity contribution in [3.63, 3.8) is 0 Å². The Morgan fingerprint density at radius 2 is 1.83 bits per heavy atom. The first-order valence-corrected chi connectivity index (χ1v) is 10.4. The number of anilines is 1. The summed E-state index contributed by atoms with van der Waals surface area (Å²) < 4.78 is 22.5. The van der Waals surface area contributed by atoms with Gasteiger partial charge < -0.3 is 4.90 Å². The van der Waals surface area contributed by atoms with E-state index in [1.54, 1.807) is 0 Å². The zero-order valence-corrected chi connectivity index (χ0v) is 14.2. The molecule has 1 aromatic heterocycles. The standard InChI is InChI=1S/C16H24N4O2S/c17-23(21,22)10-11-6-8-20(9-7-11)16-13-2-1-3-14(13)18-15(19-16)12-4-5-12/h11-12H,1-10H2,(H2,17,21,22). The molecule has 0 atom stereocenters. The Labute approximate surface area is 137 Å². The van der Waals surface area contributed by atoms with Crippen LogP contribution in [0.25, 0.3) is 0 Å². The minimum atomic E-state index is -3.37. The number of nitrogens with two attached hydrogens (primary N) is 1. The molecular formula is C16H24N4O2S. The Hall–Kier alpha value is -1.21. The number of nitrogens with zero attached hydrogens (tertiary/aromatic N) is 3. The van der Waals surface area contributed by atoms with Crippen LogP contribution in [-0.4, -0.2) is 37.2 Å². The van der Waals surface area contributed by atoms with Crippen LogP contribution >= 0.6 is 0 Å². The number of sulfonamides is 1. The van der Waals surface area contributed by atoms with Gasteiger partial charge in [-0.15, -0.1) is 0 Å². The zero-order valence-electron chi connectivity index (χ0n) is 13.4. The molecule has 3 aliphatic rings. The predicted molar refractivity (Wildman–Crippen MR) is 88.9 cm³/mol. The molecule has 0 amide bonds. The second-order valence-electron chi connectivity index (χ2n) is 7.22. The van der Waals surface area contributed by atoms with Crippen molar-refractivity contribution < 1.29 is 8.42 Å². The van der Waals surface area contributed by atoms with Crippen molar-refractivity contribution in [2.45, 2.75) is 50.9 Å². The summed E-state index contributed by atoms with van der Waals surface area (Å²) in [4.78, 5) is 12.0. The zero-order chi connectivity index (χ0) is 16.0. The van der Waals surface area contributed by atoms with E-state index in [4.69, 9.17) is 15.1 Å². The van der Waals surface area contributed by atoms with Gasteiger partial charge in [0.15, 0.2) is 0 Å². The van der Waals surface area contributed by atoms with E-state index in [-0.39, 0.29) is 11.7 Å². The van der Waals surface area contributed by atoms with Crippen LogP contribution in [0.3, 0.4) is 0 Å². The number of hydrogen-bond donors (Lipinski definition) is 1. The van der Waals surface area contributed by atoms with Gasteiger partial charge in [0, 0.05) is 30.3 Å². The maximum Gasteiger partial charge on any atom is 0.209 e. The number of piperidine rings is 1. The van der Waals surface area contributed by atoms with Gasteiger partial charge in [0.1, 0.15) is 11.6 Å². The largest absolute Gasteiger partial charge is 0.356 e. The van der Waals surface area contributed by atoms with Crippen LogP contribution in [0.5, 0.6) is 0 Å². The highest BCUT2D eigenvalue weighted by Crippen LogP contribution is 2.41. The topological polar surface area (TPSA) is 89.2 Å². The van der Waals surface area contributed by atoms with E-state index in [2.05, 4.69) is 4.90 Å². The third-order valence-electron chi connectivity index (χ3n) is 5.25. The quantitative estimate of drug-likeness (QED) is 0.896. The van der Waals surface area contributed by atoms with Crippen LogP contribution < -0.4 is 10.0 Å². The molecular weight excluding hydrogens is 312 g/mol. The van der Waals surface area contributed by atoms with Gasteiger partial charge in [0.2, 0.25) is 10.0 Å². The van der Waals surface area contributed by atoms with Crippen LogP contribution in [0.2, 0.25) is 0 Å². The fourth-order valence-corrected chi connectivity index (χ4v) is 4.85. The first-order chi connectivity index (χ1) is 11.0. The summed E-state index contributed by atoms with van der Waals surface area (Å²) in [6.45, 7) is 1.74. The summed E-state index contributed by atoms with van der Waals surface area (Å²) in [5, 5.41) is 5.18. The monoisotopic (exact) mass is 336 g/mol. The van der Waals surface area contributed by atoms with E-state index in [0.717, 1.165) is 50.4 Å². The highest BCUT2D eigenvalue weighted by Gasteiger charge is 2.32. The van der Waals surface area contributed by atoms with E-state index in [1.807, 2.05) is 0 Å². The van der Waals surface area contributed by atoms with Gasteiger partial charge in [-0.1, -0.05) is 0 Å². The number of hydrogen-bond acceptors (Lipinski definition) is 5. The third kappa shape index (κ3) is 3.35. The maximum absolute atomic E-state index is 11.3. The molecule has 1 aliphatic heterocycles. The van der Waals surface area contributed by atoms with Crippen molar-refractivity contribution in [3.05, 3.63) is 17.1 Å². The number of primary sulfonamides is 1. The summed E-state index contributed by atoms with van der Waals surface area (Å²) in [5.74, 6) is 3.02. The highest BCUT2D eigenvalue weighted by atomic mass is 32.2. The molecule has 0 aromatic carbocycles. The van der Waals surface area contributed by atoms with Crippen molar-refractivity contribution >= 4 is 15.8 Å². The summed E-state index contributed by atoms with van der Waals surface area (Å²) in [7, 11) is -3.37. The number of fused-ring (bicyclic) bond motifs is 1. The Bertz CT molecular complexity index is 707. The van der Waals surface area contributed by atoms with Crippen molar-refractivity contribution in [2.75, 3.05) is 23.7 Å². The fraction of sp³-hybridized carbons (Fsp3) is 0.750. The second kappa shape index (κ2) is 5.70. The van der Waals surface area contributed by atoms with Gasteiger partial charge in [-0.05, 0) is 50.9 Å². The summed E-state index contributed by atoms with van der Waals surface area (Å²) >= 11 is 0. The van der Waals surface area contributed by atoms with E-state index >= 15 is 0 Å².